The van der Waals surface area contributed by atoms with Gasteiger partial charge in [0.25, 0.3) is 5.91 Å². The van der Waals surface area contributed by atoms with Crippen molar-refractivity contribution in [2.75, 3.05) is 10.2 Å². The van der Waals surface area contributed by atoms with E-state index in [4.69, 9.17) is 0 Å². The summed E-state index contributed by atoms with van der Waals surface area (Å²) in [4.78, 5) is 30.9. The number of carbonyl (C=O) groups excluding carboxylic acids is 2. The molecule has 1 atom stereocenters. The molecule has 0 radical (unpaired) electrons. The second kappa shape index (κ2) is 5.97. The van der Waals surface area contributed by atoms with Crippen LogP contribution in [-0.4, -0.2) is 22.8 Å². The Morgan fingerprint density at radius 1 is 1.27 bits per heavy atom. The lowest BCUT2D eigenvalue weighted by Gasteiger charge is -2.36. The number of para-hydroxylation sites is 2. The molecule has 1 aromatic carbocycles. The van der Waals surface area contributed by atoms with Gasteiger partial charge in [-0.05, 0) is 30.7 Å². The molecule has 1 aliphatic rings. The topological polar surface area (TPSA) is 62.3 Å². The van der Waals surface area contributed by atoms with Gasteiger partial charge in [0.1, 0.15) is 6.04 Å². The minimum absolute atomic E-state index is 0.141. The number of pyridine rings is 1. The lowest BCUT2D eigenvalue weighted by molar-refractivity contribution is -0.117. The number of nitrogens with zero attached hydrogens (tertiary/aromatic N) is 2. The summed E-state index contributed by atoms with van der Waals surface area (Å²) >= 11 is 0. The second-order valence-electron chi connectivity index (χ2n) is 5.23. The van der Waals surface area contributed by atoms with Crippen molar-refractivity contribution in [1.82, 2.24) is 4.98 Å². The van der Waals surface area contributed by atoms with Crippen LogP contribution in [0.4, 0.5) is 11.4 Å². The van der Waals surface area contributed by atoms with Crippen LogP contribution in [0, 0.1) is 0 Å². The molecule has 2 heterocycles. The van der Waals surface area contributed by atoms with Crippen molar-refractivity contribution in [2.24, 2.45) is 0 Å². The van der Waals surface area contributed by atoms with Crippen LogP contribution in [0.15, 0.2) is 48.8 Å². The molecule has 3 rings (SSSR count). The van der Waals surface area contributed by atoms with E-state index in [0.29, 0.717) is 17.7 Å². The molecule has 0 bridgehead atoms. The first-order valence-corrected chi connectivity index (χ1v) is 7.36. The van der Waals surface area contributed by atoms with Crippen molar-refractivity contribution in [3.05, 3.63) is 54.4 Å². The average molecular weight is 295 g/mol. The molecule has 1 aliphatic heterocycles. The fourth-order valence-corrected chi connectivity index (χ4v) is 2.70. The fraction of sp³-hybridized carbons (Fsp3) is 0.235. The molecule has 112 valence electrons. The van der Waals surface area contributed by atoms with Crippen LogP contribution in [0.2, 0.25) is 0 Å². The summed E-state index contributed by atoms with van der Waals surface area (Å²) in [5, 5.41) is 2.88. The van der Waals surface area contributed by atoms with Crippen LogP contribution in [0.3, 0.4) is 0 Å². The highest BCUT2D eigenvalue weighted by Crippen LogP contribution is 2.34. The summed E-state index contributed by atoms with van der Waals surface area (Å²) in [7, 11) is 0. The van der Waals surface area contributed by atoms with Crippen molar-refractivity contribution in [1.29, 1.82) is 0 Å². The molecule has 0 unspecified atom stereocenters. The monoisotopic (exact) mass is 295 g/mol. The van der Waals surface area contributed by atoms with Crippen LogP contribution in [-0.2, 0) is 4.79 Å². The third kappa shape index (κ3) is 2.45. The summed E-state index contributed by atoms with van der Waals surface area (Å²) in [6, 6.07) is 10.3. The lowest BCUT2D eigenvalue weighted by Crippen LogP contribution is -2.51. The average Bonchev–Trinajstić information content (AvgIpc) is 2.56. The van der Waals surface area contributed by atoms with Gasteiger partial charge >= 0.3 is 0 Å². The van der Waals surface area contributed by atoms with Gasteiger partial charge in [0, 0.05) is 12.4 Å². The smallest absolute Gasteiger partial charge is 0.260 e. The van der Waals surface area contributed by atoms with Gasteiger partial charge in [-0.2, -0.15) is 0 Å². The quantitative estimate of drug-likeness (QED) is 0.947. The van der Waals surface area contributed by atoms with Crippen molar-refractivity contribution < 1.29 is 9.59 Å². The van der Waals surface area contributed by atoms with Crippen molar-refractivity contribution in [3.63, 3.8) is 0 Å². The number of aromatic nitrogens is 1. The number of rotatable bonds is 3. The third-order valence-electron chi connectivity index (χ3n) is 3.73. The summed E-state index contributed by atoms with van der Waals surface area (Å²) < 4.78 is 0. The van der Waals surface area contributed by atoms with E-state index < -0.39 is 6.04 Å². The maximum absolute atomic E-state index is 12.9. The van der Waals surface area contributed by atoms with Gasteiger partial charge in [0.2, 0.25) is 5.91 Å². The molecule has 2 aromatic rings. The number of amides is 2. The van der Waals surface area contributed by atoms with Gasteiger partial charge in [-0.25, -0.2) is 0 Å². The van der Waals surface area contributed by atoms with Gasteiger partial charge in [-0.1, -0.05) is 25.5 Å². The van der Waals surface area contributed by atoms with Crippen molar-refractivity contribution >= 4 is 23.2 Å². The van der Waals surface area contributed by atoms with Crippen LogP contribution in [0.5, 0.6) is 0 Å². The van der Waals surface area contributed by atoms with E-state index in [2.05, 4.69) is 10.3 Å². The summed E-state index contributed by atoms with van der Waals surface area (Å²) in [6.45, 7) is 2.00. The largest absolute Gasteiger partial charge is 0.322 e. The number of nitrogens with one attached hydrogen (secondary N) is 1. The highest BCUT2D eigenvalue weighted by atomic mass is 16.2. The molecular weight excluding hydrogens is 278 g/mol. The lowest BCUT2D eigenvalue weighted by atomic mass is 10.0. The Kier molecular flexibility index (Phi) is 3.87. The number of anilines is 2. The van der Waals surface area contributed by atoms with E-state index in [1.54, 1.807) is 29.3 Å². The minimum Gasteiger partial charge on any atom is -0.322 e. The van der Waals surface area contributed by atoms with Crippen molar-refractivity contribution in [3.8, 4) is 0 Å². The number of hydrogen-bond acceptors (Lipinski definition) is 3. The van der Waals surface area contributed by atoms with E-state index in [9.17, 15) is 9.59 Å². The Balaban J connectivity index is 2.07. The zero-order chi connectivity index (χ0) is 15.5. The first-order chi connectivity index (χ1) is 10.7. The maximum atomic E-state index is 12.9. The predicted octanol–water partition coefficient (Wildman–Crippen LogP) is 2.85. The molecule has 5 nitrogen and oxygen atoms in total. The Morgan fingerprint density at radius 2 is 2.09 bits per heavy atom. The zero-order valence-corrected chi connectivity index (χ0v) is 12.3. The third-order valence-corrected chi connectivity index (χ3v) is 3.73. The van der Waals surface area contributed by atoms with Gasteiger partial charge in [-0.15, -0.1) is 0 Å². The number of carbonyl (C=O) groups is 2. The zero-order valence-electron chi connectivity index (χ0n) is 12.3. The Labute approximate surface area is 129 Å². The Morgan fingerprint density at radius 3 is 2.82 bits per heavy atom. The number of benzene rings is 1. The number of hydrogen-bond donors (Lipinski definition) is 1. The van der Waals surface area contributed by atoms with E-state index in [1.165, 1.54) is 6.20 Å². The van der Waals surface area contributed by atoms with Gasteiger partial charge in [0.05, 0.1) is 16.9 Å². The maximum Gasteiger partial charge on any atom is 0.260 e. The molecule has 0 saturated heterocycles. The fourth-order valence-electron chi connectivity index (χ4n) is 2.70. The first kappa shape index (κ1) is 14.3. The predicted molar refractivity (Wildman–Crippen MR) is 84.8 cm³/mol. The number of fused-ring (bicyclic) bond motifs is 1. The molecule has 0 fully saturated rings. The molecule has 0 saturated carbocycles. The first-order valence-electron chi connectivity index (χ1n) is 7.36. The van der Waals surface area contributed by atoms with Crippen LogP contribution in [0.25, 0.3) is 0 Å². The van der Waals surface area contributed by atoms with Crippen molar-refractivity contribution in [2.45, 2.75) is 25.8 Å². The molecule has 0 aliphatic carbocycles. The van der Waals surface area contributed by atoms with E-state index >= 15 is 0 Å². The summed E-state index contributed by atoms with van der Waals surface area (Å²) in [5.74, 6) is -0.341. The van der Waals surface area contributed by atoms with Gasteiger partial charge in [0.15, 0.2) is 0 Å². The molecular formula is C17H17N3O2. The minimum atomic E-state index is -0.493. The SMILES string of the molecule is CCC[C@H]1C(=O)Nc2ccccc2N1C(=O)c1cccnc1. The molecule has 2 amide bonds. The second-order valence-corrected chi connectivity index (χ2v) is 5.23. The van der Waals surface area contributed by atoms with Crippen LogP contribution >= 0.6 is 0 Å². The summed E-state index contributed by atoms with van der Waals surface area (Å²) in [6.07, 6.45) is 4.58. The van der Waals surface area contributed by atoms with Gasteiger partial charge in [-0.3, -0.25) is 19.5 Å². The molecule has 0 spiro atoms. The molecule has 1 aromatic heterocycles. The van der Waals surface area contributed by atoms with E-state index in [1.807, 2.05) is 25.1 Å². The Bertz CT molecular complexity index is 700. The highest BCUT2D eigenvalue weighted by molar-refractivity contribution is 6.16. The molecule has 22 heavy (non-hydrogen) atoms. The van der Waals surface area contributed by atoms with Gasteiger partial charge < -0.3 is 5.32 Å². The standard InChI is InChI=1S/C17H17N3O2/c1-2-6-15-16(21)19-13-8-3-4-9-14(13)20(15)17(22)12-7-5-10-18-11-12/h3-5,7-11,15H,2,6H2,1H3,(H,19,21)/t15-/m0/s1. The molecule has 1 N–H and O–H groups in total. The normalized spacial score (nSPS) is 16.9. The molecule has 5 heteroatoms. The highest BCUT2D eigenvalue weighted by Gasteiger charge is 2.36. The van der Waals surface area contributed by atoms with Crippen LogP contribution < -0.4 is 10.2 Å². The van der Waals surface area contributed by atoms with E-state index in [-0.39, 0.29) is 11.8 Å². The summed E-state index contributed by atoms with van der Waals surface area (Å²) in [5.41, 5.74) is 1.87. The van der Waals surface area contributed by atoms with E-state index in [0.717, 1.165) is 12.1 Å². The van der Waals surface area contributed by atoms with Crippen LogP contribution in [0.1, 0.15) is 30.1 Å². The Hall–Kier alpha value is -2.69.